The molecular formula is C20H16ClN5O4S3. The van der Waals surface area contributed by atoms with Gasteiger partial charge in [-0.25, -0.2) is 23.2 Å². The van der Waals surface area contributed by atoms with Crippen LogP contribution < -0.4 is 16.0 Å². The van der Waals surface area contributed by atoms with Gasteiger partial charge in [0.2, 0.25) is 0 Å². The monoisotopic (exact) mass is 521 g/mol. The number of aromatic nitrogens is 2. The highest BCUT2D eigenvalue weighted by Gasteiger charge is 2.19. The van der Waals surface area contributed by atoms with E-state index < -0.39 is 21.8 Å². The van der Waals surface area contributed by atoms with Crippen molar-refractivity contribution in [1.82, 2.24) is 9.97 Å². The van der Waals surface area contributed by atoms with E-state index in [0.29, 0.717) is 36.6 Å². The Hall–Kier alpha value is -3.06. The summed E-state index contributed by atoms with van der Waals surface area (Å²) in [7, 11) is -3.35. The van der Waals surface area contributed by atoms with Gasteiger partial charge in [-0.3, -0.25) is 15.4 Å². The largest absolute Gasteiger partial charge is 0.325 e. The first-order valence-electron chi connectivity index (χ1n) is 9.31. The lowest BCUT2D eigenvalue weighted by Gasteiger charge is -2.05. The Morgan fingerprint density at radius 3 is 2.45 bits per heavy atom. The number of aryl methyl sites for hydroxylation is 1. The molecule has 0 unspecified atom stereocenters. The lowest BCUT2D eigenvalue weighted by molar-refractivity contribution is 0.102. The van der Waals surface area contributed by atoms with Gasteiger partial charge in [-0.1, -0.05) is 40.3 Å². The molecule has 3 N–H and O–H groups in total. The number of nitrogens with one attached hydrogen (secondary N) is 3. The number of urea groups is 1. The van der Waals surface area contributed by atoms with Crippen LogP contribution in [0.25, 0.3) is 10.2 Å². The van der Waals surface area contributed by atoms with Crippen molar-refractivity contribution in [2.75, 3.05) is 22.2 Å². The van der Waals surface area contributed by atoms with E-state index in [-0.39, 0.29) is 10.0 Å². The number of sulfone groups is 1. The molecule has 3 amide bonds. The number of nitrogens with zero attached hydrogens (tertiary/aromatic N) is 2. The minimum Gasteiger partial charge on any atom is -0.308 e. The smallest absolute Gasteiger partial charge is 0.308 e. The second kappa shape index (κ2) is 9.06. The van der Waals surface area contributed by atoms with Crippen LogP contribution in [0, 0.1) is 6.92 Å². The van der Waals surface area contributed by atoms with Crippen molar-refractivity contribution < 1.29 is 18.0 Å². The van der Waals surface area contributed by atoms with E-state index in [0.717, 1.165) is 28.9 Å². The molecule has 13 heteroatoms. The van der Waals surface area contributed by atoms with E-state index in [1.807, 2.05) is 0 Å². The number of carbonyl (C=O) groups excluding carboxylic acids is 2. The topological polar surface area (TPSA) is 130 Å². The normalized spacial score (nSPS) is 11.4. The summed E-state index contributed by atoms with van der Waals surface area (Å²) >= 11 is 8.09. The first-order chi connectivity index (χ1) is 15.6. The number of anilines is 3. The Morgan fingerprint density at radius 2 is 1.73 bits per heavy atom. The zero-order valence-corrected chi connectivity index (χ0v) is 20.4. The van der Waals surface area contributed by atoms with Gasteiger partial charge in [-0.2, -0.15) is 0 Å². The summed E-state index contributed by atoms with van der Waals surface area (Å²) in [5, 5.41) is 9.00. The number of fused-ring (bicyclic) bond motifs is 1. The lowest BCUT2D eigenvalue weighted by atomic mass is 10.3. The Bertz CT molecular complexity index is 1500. The van der Waals surface area contributed by atoms with E-state index >= 15 is 0 Å². The third-order valence-electron chi connectivity index (χ3n) is 4.31. The average Bonchev–Trinajstić information content (AvgIpc) is 3.28. The van der Waals surface area contributed by atoms with Gasteiger partial charge in [-0.15, -0.1) is 0 Å². The van der Waals surface area contributed by atoms with Crippen molar-refractivity contribution in [3.63, 3.8) is 0 Å². The molecule has 2 heterocycles. The molecule has 170 valence electrons. The fourth-order valence-electron chi connectivity index (χ4n) is 2.83. The minimum atomic E-state index is -3.35. The molecule has 0 saturated carbocycles. The third-order valence-corrected chi connectivity index (χ3v) is 7.66. The van der Waals surface area contributed by atoms with Crippen LogP contribution >= 0.6 is 34.3 Å². The molecule has 0 radical (unpaired) electrons. The Kier molecular flexibility index (Phi) is 6.34. The molecule has 2 aromatic carbocycles. The third kappa shape index (κ3) is 5.47. The molecule has 0 atom stereocenters. The number of amides is 3. The lowest BCUT2D eigenvalue weighted by Crippen LogP contribution is -2.19. The summed E-state index contributed by atoms with van der Waals surface area (Å²) in [6, 6.07) is 10.8. The number of thiazole rings is 2. The van der Waals surface area contributed by atoms with Crippen LogP contribution in [-0.4, -0.2) is 36.6 Å². The van der Waals surface area contributed by atoms with Gasteiger partial charge >= 0.3 is 6.03 Å². The Balaban J connectivity index is 1.46. The fraction of sp³-hybridized carbons (Fsp3) is 0.100. The van der Waals surface area contributed by atoms with Gasteiger partial charge in [0.05, 0.1) is 20.8 Å². The zero-order chi connectivity index (χ0) is 23.8. The van der Waals surface area contributed by atoms with Crippen molar-refractivity contribution in [2.24, 2.45) is 0 Å². The Labute approximate surface area is 201 Å². The minimum absolute atomic E-state index is 0.182. The van der Waals surface area contributed by atoms with Crippen molar-refractivity contribution in [2.45, 2.75) is 11.8 Å². The van der Waals surface area contributed by atoms with E-state index in [2.05, 4.69) is 25.9 Å². The number of halogens is 1. The number of carbonyl (C=O) groups is 2. The predicted molar refractivity (Wildman–Crippen MR) is 132 cm³/mol. The summed E-state index contributed by atoms with van der Waals surface area (Å²) in [5.41, 5.74) is 1.53. The molecule has 2 aromatic heterocycles. The maximum Gasteiger partial charge on any atom is 0.325 e. The first kappa shape index (κ1) is 23.1. The van der Waals surface area contributed by atoms with E-state index in [1.54, 1.807) is 37.3 Å². The van der Waals surface area contributed by atoms with E-state index in [9.17, 15) is 18.0 Å². The zero-order valence-electron chi connectivity index (χ0n) is 17.2. The van der Waals surface area contributed by atoms with Crippen LogP contribution in [0.1, 0.15) is 15.4 Å². The maximum atomic E-state index is 12.8. The molecule has 0 aliphatic rings. The fourth-order valence-corrected chi connectivity index (χ4v) is 5.50. The SMILES string of the molecule is Cc1nc(NC(=O)Nc2cccc(Cl)c2)sc1C(=O)Nc1nc2ccc(S(C)(=O)=O)cc2s1. The quantitative estimate of drug-likeness (QED) is 0.338. The second-order valence-corrected chi connectivity index (χ2v) is 11.4. The highest BCUT2D eigenvalue weighted by molar-refractivity contribution is 7.90. The van der Waals surface area contributed by atoms with Crippen LogP contribution in [0.4, 0.5) is 20.7 Å². The van der Waals surface area contributed by atoms with Gasteiger partial charge in [0.15, 0.2) is 20.1 Å². The molecule has 0 bridgehead atoms. The summed E-state index contributed by atoms with van der Waals surface area (Å²) in [6.07, 6.45) is 1.13. The summed E-state index contributed by atoms with van der Waals surface area (Å²) in [6.45, 7) is 1.65. The van der Waals surface area contributed by atoms with Crippen molar-refractivity contribution in [1.29, 1.82) is 0 Å². The van der Waals surface area contributed by atoms with Gasteiger partial charge in [-0.05, 0) is 43.3 Å². The molecular weight excluding hydrogens is 506 g/mol. The Morgan fingerprint density at radius 1 is 0.970 bits per heavy atom. The highest BCUT2D eigenvalue weighted by Crippen LogP contribution is 2.30. The molecule has 33 heavy (non-hydrogen) atoms. The van der Waals surface area contributed by atoms with Crippen LogP contribution in [0.5, 0.6) is 0 Å². The first-order valence-corrected chi connectivity index (χ1v) is 13.2. The molecule has 4 aromatic rings. The van der Waals surface area contributed by atoms with Crippen molar-refractivity contribution >= 4 is 82.2 Å². The van der Waals surface area contributed by atoms with Crippen LogP contribution in [-0.2, 0) is 9.84 Å². The van der Waals surface area contributed by atoms with Crippen LogP contribution in [0.15, 0.2) is 47.4 Å². The highest BCUT2D eigenvalue weighted by atomic mass is 35.5. The molecule has 0 spiro atoms. The molecule has 9 nitrogen and oxygen atoms in total. The van der Waals surface area contributed by atoms with Crippen LogP contribution in [0.2, 0.25) is 5.02 Å². The van der Waals surface area contributed by atoms with Gasteiger partial charge < -0.3 is 5.32 Å². The standard InChI is InChI=1S/C20H16ClN5O4S3/c1-10-16(32-19(22-10)26-18(28)23-12-5-3-4-11(21)8-12)17(27)25-20-24-14-7-6-13(33(2,29)30)9-15(14)31-20/h3-9H,1-2H3,(H,24,25,27)(H2,22,23,26,28). The number of benzene rings is 2. The number of rotatable bonds is 5. The van der Waals surface area contributed by atoms with Crippen molar-refractivity contribution in [3.05, 3.63) is 58.1 Å². The molecule has 0 fully saturated rings. The summed E-state index contributed by atoms with van der Waals surface area (Å²) in [4.78, 5) is 34.0. The van der Waals surface area contributed by atoms with E-state index in [4.69, 9.17) is 11.6 Å². The predicted octanol–water partition coefficient (Wildman–Crippen LogP) is 5.01. The molecule has 4 rings (SSSR count). The molecule has 0 saturated heterocycles. The van der Waals surface area contributed by atoms with Gasteiger partial charge in [0, 0.05) is 17.0 Å². The molecule has 0 aliphatic carbocycles. The van der Waals surface area contributed by atoms with Crippen LogP contribution in [0.3, 0.4) is 0 Å². The van der Waals surface area contributed by atoms with Crippen molar-refractivity contribution in [3.8, 4) is 0 Å². The number of hydrogen-bond acceptors (Lipinski definition) is 8. The van der Waals surface area contributed by atoms with Gasteiger partial charge in [0.1, 0.15) is 4.88 Å². The maximum absolute atomic E-state index is 12.8. The average molecular weight is 522 g/mol. The van der Waals surface area contributed by atoms with E-state index in [1.165, 1.54) is 12.1 Å². The second-order valence-electron chi connectivity index (χ2n) is 6.90. The molecule has 0 aliphatic heterocycles. The summed E-state index contributed by atoms with van der Waals surface area (Å²) < 4.78 is 24.1. The summed E-state index contributed by atoms with van der Waals surface area (Å²) in [5.74, 6) is -0.435. The number of hydrogen-bond donors (Lipinski definition) is 3. The van der Waals surface area contributed by atoms with Gasteiger partial charge in [0.25, 0.3) is 5.91 Å².